The molecule has 0 N–H and O–H groups in total. The maximum atomic E-state index is 13.3. The van der Waals surface area contributed by atoms with Gasteiger partial charge in [-0.2, -0.15) is 13.2 Å². The Bertz CT molecular complexity index is 356. The van der Waals surface area contributed by atoms with Crippen molar-refractivity contribution < 1.29 is 26.3 Å². The molecule has 0 aromatic heterocycles. The number of hydrogen-bond donors (Lipinski definition) is 0. The van der Waals surface area contributed by atoms with Crippen molar-refractivity contribution in [2.45, 2.75) is 31.1 Å². The summed E-state index contributed by atoms with van der Waals surface area (Å²) in [5.41, 5.74) is -0.0376. The molecule has 2 atom stereocenters. The second kappa shape index (κ2) is 4.58. The normalized spacial score (nSPS) is 16.6. The summed E-state index contributed by atoms with van der Waals surface area (Å²) in [5.74, 6) is -6.33. The average Bonchev–Trinajstić information content (AvgIpc) is 2.27. The summed E-state index contributed by atoms with van der Waals surface area (Å²) >= 11 is 0. The predicted molar refractivity (Wildman–Crippen MR) is 50.8 cm³/mol. The van der Waals surface area contributed by atoms with Gasteiger partial charge in [-0.3, -0.25) is 0 Å². The molecular formula is C11H10F6. The minimum atomic E-state index is -5.56. The Balaban J connectivity index is 2.99. The van der Waals surface area contributed by atoms with E-state index < -0.39 is 24.2 Å². The monoisotopic (exact) mass is 256 g/mol. The van der Waals surface area contributed by atoms with Crippen LogP contribution < -0.4 is 0 Å². The highest BCUT2D eigenvalue weighted by molar-refractivity contribution is 5.22. The topological polar surface area (TPSA) is 0 Å². The molecule has 0 radical (unpaired) electrons. The van der Waals surface area contributed by atoms with Gasteiger partial charge in [0.1, 0.15) is 0 Å². The summed E-state index contributed by atoms with van der Waals surface area (Å²) in [6.45, 7) is 0.869. The fourth-order valence-electron chi connectivity index (χ4n) is 1.40. The van der Waals surface area contributed by atoms with Gasteiger partial charge in [-0.05, 0) is 5.56 Å². The third-order valence-corrected chi connectivity index (χ3v) is 2.50. The average molecular weight is 256 g/mol. The summed E-state index contributed by atoms with van der Waals surface area (Å²) in [7, 11) is 0. The number of halogens is 6. The van der Waals surface area contributed by atoms with Crippen LogP contribution in [0.1, 0.15) is 18.4 Å². The molecule has 0 fully saturated rings. The smallest absolute Gasteiger partial charge is 0.231 e. The second-order valence-corrected chi connectivity index (χ2v) is 3.71. The third-order valence-electron chi connectivity index (χ3n) is 2.50. The van der Waals surface area contributed by atoms with Gasteiger partial charge in [0.05, 0.1) is 0 Å². The first-order chi connectivity index (χ1) is 7.67. The third kappa shape index (κ3) is 2.92. The van der Waals surface area contributed by atoms with Crippen molar-refractivity contribution >= 4 is 0 Å². The molecule has 1 aromatic rings. The van der Waals surface area contributed by atoms with Gasteiger partial charge in [0.25, 0.3) is 12.1 Å². The van der Waals surface area contributed by atoms with Gasteiger partial charge in [0.15, 0.2) is 0 Å². The molecule has 17 heavy (non-hydrogen) atoms. The summed E-state index contributed by atoms with van der Waals surface area (Å²) in [5, 5.41) is 0. The molecule has 0 heterocycles. The van der Waals surface area contributed by atoms with Gasteiger partial charge in [-0.15, -0.1) is 0 Å². The quantitative estimate of drug-likeness (QED) is 0.706. The van der Waals surface area contributed by atoms with E-state index in [1.165, 1.54) is 30.3 Å². The van der Waals surface area contributed by atoms with Crippen LogP contribution in [0.2, 0.25) is 0 Å². The van der Waals surface area contributed by atoms with E-state index in [0.29, 0.717) is 0 Å². The van der Waals surface area contributed by atoms with Crippen LogP contribution in [0.3, 0.4) is 0 Å². The first-order valence-electron chi connectivity index (χ1n) is 4.81. The standard InChI is InChI=1S/C11H10F6/c1-7(8-5-3-2-4-6-8)10(13,14)9(12)11(15,16)17/h2-7,9H,1H3. The maximum Gasteiger partial charge on any atom is 0.425 e. The molecule has 2 unspecified atom stereocenters. The Morgan fingerprint density at radius 2 is 1.41 bits per heavy atom. The molecule has 0 bridgehead atoms. The van der Waals surface area contributed by atoms with Crippen LogP contribution in [0.4, 0.5) is 26.3 Å². The van der Waals surface area contributed by atoms with E-state index in [1.807, 2.05) is 0 Å². The van der Waals surface area contributed by atoms with E-state index in [1.54, 1.807) is 0 Å². The minimum Gasteiger partial charge on any atom is -0.231 e. The lowest BCUT2D eigenvalue weighted by molar-refractivity contribution is -0.249. The van der Waals surface area contributed by atoms with Crippen LogP contribution in [0, 0.1) is 0 Å². The molecule has 0 saturated heterocycles. The van der Waals surface area contributed by atoms with E-state index in [-0.39, 0.29) is 5.56 Å². The highest BCUT2D eigenvalue weighted by Crippen LogP contribution is 2.43. The van der Waals surface area contributed by atoms with Gasteiger partial charge in [0, 0.05) is 5.92 Å². The van der Waals surface area contributed by atoms with Crippen LogP contribution in [0.15, 0.2) is 30.3 Å². The molecule has 0 aliphatic carbocycles. The van der Waals surface area contributed by atoms with Crippen LogP contribution in [0.5, 0.6) is 0 Å². The lowest BCUT2D eigenvalue weighted by Crippen LogP contribution is -2.44. The first-order valence-corrected chi connectivity index (χ1v) is 4.81. The van der Waals surface area contributed by atoms with Gasteiger partial charge in [-0.1, -0.05) is 37.3 Å². The molecule has 0 aliphatic rings. The van der Waals surface area contributed by atoms with Crippen LogP contribution in [-0.2, 0) is 0 Å². The van der Waals surface area contributed by atoms with Gasteiger partial charge in [-0.25, -0.2) is 13.2 Å². The lowest BCUT2D eigenvalue weighted by atomic mass is 9.91. The fourth-order valence-corrected chi connectivity index (χ4v) is 1.40. The van der Waals surface area contributed by atoms with Crippen molar-refractivity contribution in [2.24, 2.45) is 0 Å². The van der Waals surface area contributed by atoms with Crippen molar-refractivity contribution in [3.8, 4) is 0 Å². The van der Waals surface area contributed by atoms with Gasteiger partial charge < -0.3 is 0 Å². The molecule has 1 aromatic carbocycles. The van der Waals surface area contributed by atoms with E-state index >= 15 is 0 Å². The minimum absolute atomic E-state index is 0.0376. The zero-order valence-electron chi connectivity index (χ0n) is 8.81. The lowest BCUT2D eigenvalue weighted by Gasteiger charge is -2.28. The number of benzene rings is 1. The van der Waals surface area contributed by atoms with E-state index in [0.717, 1.165) is 6.92 Å². The molecular weight excluding hydrogens is 246 g/mol. The number of hydrogen-bond acceptors (Lipinski definition) is 0. The molecule has 6 heteroatoms. The maximum absolute atomic E-state index is 13.3. The summed E-state index contributed by atoms with van der Waals surface area (Å²) < 4.78 is 75.2. The fraction of sp³-hybridized carbons (Fsp3) is 0.455. The van der Waals surface area contributed by atoms with Crippen molar-refractivity contribution in [3.05, 3.63) is 35.9 Å². The predicted octanol–water partition coefficient (Wildman–Crippen LogP) is 4.33. The Hall–Kier alpha value is -1.20. The summed E-state index contributed by atoms with van der Waals surface area (Å²) in [6, 6.07) is 6.82. The molecule has 0 amide bonds. The van der Waals surface area contributed by atoms with Crippen molar-refractivity contribution in [3.63, 3.8) is 0 Å². The summed E-state index contributed by atoms with van der Waals surface area (Å²) in [4.78, 5) is 0. The zero-order chi connectivity index (χ0) is 13.3. The highest BCUT2D eigenvalue weighted by atomic mass is 19.4. The largest absolute Gasteiger partial charge is 0.425 e. The second-order valence-electron chi connectivity index (χ2n) is 3.71. The van der Waals surface area contributed by atoms with Crippen molar-refractivity contribution in [1.29, 1.82) is 0 Å². The van der Waals surface area contributed by atoms with Crippen LogP contribution in [0.25, 0.3) is 0 Å². The van der Waals surface area contributed by atoms with Crippen molar-refractivity contribution in [1.82, 2.24) is 0 Å². The van der Waals surface area contributed by atoms with E-state index in [2.05, 4.69) is 0 Å². The zero-order valence-corrected chi connectivity index (χ0v) is 8.81. The molecule has 0 saturated carbocycles. The Kier molecular flexibility index (Phi) is 3.74. The summed E-state index contributed by atoms with van der Waals surface area (Å²) in [6.07, 6.45) is -9.72. The van der Waals surface area contributed by atoms with E-state index in [9.17, 15) is 26.3 Å². The molecule has 96 valence electrons. The van der Waals surface area contributed by atoms with Crippen LogP contribution >= 0.6 is 0 Å². The van der Waals surface area contributed by atoms with Gasteiger partial charge >= 0.3 is 6.18 Å². The SMILES string of the molecule is CC(c1ccccc1)C(F)(F)C(F)C(F)(F)F. The van der Waals surface area contributed by atoms with Crippen LogP contribution in [-0.4, -0.2) is 18.3 Å². The highest BCUT2D eigenvalue weighted by Gasteiger charge is 2.59. The number of alkyl halides is 6. The van der Waals surface area contributed by atoms with Gasteiger partial charge in [0.2, 0.25) is 0 Å². The van der Waals surface area contributed by atoms with Crippen molar-refractivity contribution in [2.75, 3.05) is 0 Å². The molecule has 0 spiro atoms. The number of rotatable bonds is 3. The Morgan fingerprint density at radius 1 is 0.941 bits per heavy atom. The van der Waals surface area contributed by atoms with E-state index in [4.69, 9.17) is 0 Å². The Labute approximate surface area is 94.2 Å². The molecule has 0 aliphatic heterocycles. The molecule has 0 nitrogen and oxygen atoms in total. The Morgan fingerprint density at radius 3 is 1.82 bits per heavy atom. The first kappa shape index (κ1) is 13.9. The molecule has 1 rings (SSSR count).